The summed E-state index contributed by atoms with van der Waals surface area (Å²) in [5.41, 5.74) is 5.81. The van der Waals surface area contributed by atoms with Crippen molar-refractivity contribution in [3.05, 3.63) is 29.8 Å². The lowest BCUT2D eigenvalue weighted by molar-refractivity contribution is 0.0895. The summed E-state index contributed by atoms with van der Waals surface area (Å²) in [6, 6.07) is 6.29. The summed E-state index contributed by atoms with van der Waals surface area (Å²) < 4.78 is 0. The number of hydrogen-bond donors (Lipinski definition) is 3. The molecule has 1 aromatic carbocycles. The minimum Gasteiger partial charge on any atom is -0.508 e. The van der Waals surface area contributed by atoms with Crippen LogP contribution in [0.3, 0.4) is 0 Å². The van der Waals surface area contributed by atoms with Gasteiger partial charge < -0.3 is 16.2 Å². The van der Waals surface area contributed by atoms with Crippen LogP contribution >= 0.6 is 0 Å². The first-order valence-corrected chi connectivity index (χ1v) is 5.88. The third-order valence-electron chi connectivity index (χ3n) is 3.23. The standard InChI is InChI=1S/C13H20N2O2/c1-3-13(4-2,9-14)15-12(17)10-6-5-7-11(16)8-10/h5-8,16H,3-4,9,14H2,1-2H3,(H,15,17). The molecule has 0 spiro atoms. The van der Waals surface area contributed by atoms with Gasteiger partial charge in [-0.2, -0.15) is 0 Å². The van der Waals surface area contributed by atoms with Gasteiger partial charge in [0.2, 0.25) is 0 Å². The maximum Gasteiger partial charge on any atom is 0.251 e. The van der Waals surface area contributed by atoms with E-state index < -0.39 is 0 Å². The number of aromatic hydroxyl groups is 1. The number of hydrogen-bond acceptors (Lipinski definition) is 3. The molecular weight excluding hydrogens is 216 g/mol. The third-order valence-corrected chi connectivity index (χ3v) is 3.23. The van der Waals surface area contributed by atoms with Gasteiger partial charge in [0, 0.05) is 12.1 Å². The number of nitrogens with two attached hydrogens (primary N) is 1. The fraction of sp³-hybridized carbons (Fsp3) is 0.462. The first kappa shape index (κ1) is 13.5. The van der Waals surface area contributed by atoms with E-state index in [1.807, 2.05) is 13.8 Å². The van der Waals surface area contributed by atoms with Crippen LogP contribution in [0.5, 0.6) is 5.75 Å². The van der Waals surface area contributed by atoms with E-state index in [0.717, 1.165) is 12.8 Å². The summed E-state index contributed by atoms with van der Waals surface area (Å²) in [6.45, 7) is 4.41. The highest BCUT2D eigenvalue weighted by Gasteiger charge is 2.26. The second-order valence-electron chi connectivity index (χ2n) is 4.20. The van der Waals surface area contributed by atoms with Gasteiger partial charge in [0.15, 0.2) is 0 Å². The van der Waals surface area contributed by atoms with E-state index in [2.05, 4.69) is 5.32 Å². The van der Waals surface area contributed by atoms with Crippen LogP contribution in [-0.4, -0.2) is 23.1 Å². The molecule has 0 atom stereocenters. The van der Waals surface area contributed by atoms with E-state index in [1.54, 1.807) is 12.1 Å². The first-order valence-electron chi connectivity index (χ1n) is 5.88. The Kier molecular flexibility index (Phi) is 4.52. The Bertz CT molecular complexity index is 378. The van der Waals surface area contributed by atoms with Crippen molar-refractivity contribution in [3.8, 4) is 5.75 Å². The van der Waals surface area contributed by atoms with E-state index in [1.165, 1.54) is 12.1 Å². The van der Waals surface area contributed by atoms with Crippen LogP contribution < -0.4 is 11.1 Å². The molecule has 1 rings (SSSR count). The predicted octanol–water partition coefficient (Wildman–Crippen LogP) is 1.64. The van der Waals surface area contributed by atoms with Crippen LogP contribution in [0.15, 0.2) is 24.3 Å². The van der Waals surface area contributed by atoms with Crippen molar-refractivity contribution in [1.29, 1.82) is 0 Å². The minimum absolute atomic E-state index is 0.0870. The molecule has 0 fully saturated rings. The van der Waals surface area contributed by atoms with Crippen LogP contribution in [0.4, 0.5) is 0 Å². The smallest absolute Gasteiger partial charge is 0.251 e. The monoisotopic (exact) mass is 236 g/mol. The highest BCUT2D eigenvalue weighted by Crippen LogP contribution is 2.16. The van der Waals surface area contributed by atoms with Crippen molar-refractivity contribution in [1.82, 2.24) is 5.32 Å². The lowest BCUT2D eigenvalue weighted by Gasteiger charge is -2.31. The van der Waals surface area contributed by atoms with Crippen molar-refractivity contribution >= 4 is 5.91 Å². The van der Waals surface area contributed by atoms with Crippen LogP contribution in [0.1, 0.15) is 37.0 Å². The molecule has 0 aromatic heterocycles. The maximum atomic E-state index is 12.0. The van der Waals surface area contributed by atoms with E-state index in [9.17, 15) is 9.90 Å². The zero-order valence-electron chi connectivity index (χ0n) is 10.4. The number of carbonyl (C=O) groups is 1. The number of rotatable bonds is 5. The zero-order chi connectivity index (χ0) is 12.9. The molecule has 0 unspecified atom stereocenters. The van der Waals surface area contributed by atoms with Crippen molar-refractivity contribution < 1.29 is 9.90 Å². The highest BCUT2D eigenvalue weighted by molar-refractivity contribution is 5.95. The Morgan fingerprint density at radius 2 is 2.06 bits per heavy atom. The summed E-state index contributed by atoms with van der Waals surface area (Å²) in [5.74, 6) is -0.112. The van der Waals surface area contributed by atoms with Gasteiger partial charge in [-0.05, 0) is 31.0 Å². The Labute approximate surface area is 102 Å². The molecule has 0 heterocycles. The van der Waals surface area contributed by atoms with E-state index in [0.29, 0.717) is 12.1 Å². The predicted molar refractivity (Wildman–Crippen MR) is 67.9 cm³/mol. The van der Waals surface area contributed by atoms with Gasteiger partial charge in [0.25, 0.3) is 5.91 Å². The first-order chi connectivity index (χ1) is 8.06. The normalized spacial score (nSPS) is 11.2. The van der Waals surface area contributed by atoms with E-state index in [4.69, 9.17) is 5.73 Å². The maximum absolute atomic E-state index is 12.0. The number of phenolic OH excluding ortho intramolecular Hbond substituents is 1. The molecule has 0 aliphatic carbocycles. The summed E-state index contributed by atoms with van der Waals surface area (Å²) in [5, 5.41) is 12.3. The summed E-state index contributed by atoms with van der Waals surface area (Å²) in [7, 11) is 0. The van der Waals surface area contributed by atoms with Gasteiger partial charge in [0.05, 0.1) is 5.54 Å². The Balaban J connectivity index is 2.84. The molecular formula is C13H20N2O2. The largest absolute Gasteiger partial charge is 0.508 e. The van der Waals surface area contributed by atoms with Gasteiger partial charge in [-0.15, -0.1) is 0 Å². The molecule has 0 aliphatic rings. The van der Waals surface area contributed by atoms with Crippen molar-refractivity contribution in [3.63, 3.8) is 0 Å². The molecule has 1 aromatic rings. The molecule has 0 aliphatic heterocycles. The third kappa shape index (κ3) is 3.20. The number of phenols is 1. The van der Waals surface area contributed by atoms with Crippen LogP contribution in [-0.2, 0) is 0 Å². The lowest BCUT2D eigenvalue weighted by Crippen LogP contribution is -2.52. The van der Waals surface area contributed by atoms with Crippen LogP contribution in [0.2, 0.25) is 0 Å². The molecule has 4 heteroatoms. The van der Waals surface area contributed by atoms with Gasteiger partial charge in [0.1, 0.15) is 5.75 Å². The molecule has 0 bridgehead atoms. The molecule has 1 amide bonds. The Hall–Kier alpha value is -1.55. The zero-order valence-corrected chi connectivity index (χ0v) is 10.4. The molecule has 0 saturated heterocycles. The minimum atomic E-state index is -0.359. The number of carbonyl (C=O) groups excluding carboxylic acids is 1. The SMILES string of the molecule is CCC(CC)(CN)NC(=O)c1cccc(O)c1. The summed E-state index contributed by atoms with van der Waals surface area (Å²) in [6.07, 6.45) is 1.56. The van der Waals surface area contributed by atoms with Crippen LogP contribution in [0.25, 0.3) is 0 Å². The second kappa shape index (κ2) is 5.68. The average Bonchev–Trinajstić information content (AvgIpc) is 2.36. The molecule has 4 nitrogen and oxygen atoms in total. The molecule has 17 heavy (non-hydrogen) atoms. The van der Waals surface area contributed by atoms with E-state index in [-0.39, 0.29) is 17.2 Å². The fourth-order valence-corrected chi connectivity index (χ4v) is 1.73. The molecule has 0 saturated carbocycles. The number of amides is 1. The second-order valence-corrected chi connectivity index (χ2v) is 4.20. The Morgan fingerprint density at radius 1 is 1.41 bits per heavy atom. The van der Waals surface area contributed by atoms with Gasteiger partial charge in [-0.3, -0.25) is 4.79 Å². The number of nitrogens with one attached hydrogen (secondary N) is 1. The van der Waals surface area contributed by atoms with Crippen molar-refractivity contribution in [2.75, 3.05) is 6.54 Å². The average molecular weight is 236 g/mol. The fourth-order valence-electron chi connectivity index (χ4n) is 1.73. The molecule has 0 radical (unpaired) electrons. The van der Waals surface area contributed by atoms with Gasteiger partial charge in [-0.1, -0.05) is 19.9 Å². The summed E-state index contributed by atoms with van der Waals surface area (Å²) >= 11 is 0. The van der Waals surface area contributed by atoms with Crippen LogP contribution in [0, 0.1) is 0 Å². The van der Waals surface area contributed by atoms with Crippen molar-refractivity contribution in [2.45, 2.75) is 32.2 Å². The number of benzene rings is 1. The van der Waals surface area contributed by atoms with Gasteiger partial charge >= 0.3 is 0 Å². The quantitative estimate of drug-likeness (QED) is 0.727. The lowest BCUT2D eigenvalue weighted by atomic mass is 9.92. The topological polar surface area (TPSA) is 75.3 Å². The molecule has 4 N–H and O–H groups in total. The summed E-state index contributed by atoms with van der Waals surface area (Å²) in [4.78, 5) is 12.0. The van der Waals surface area contributed by atoms with E-state index >= 15 is 0 Å². The highest BCUT2D eigenvalue weighted by atomic mass is 16.3. The van der Waals surface area contributed by atoms with Crippen molar-refractivity contribution in [2.24, 2.45) is 5.73 Å². The molecule has 94 valence electrons. The Morgan fingerprint density at radius 3 is 2.53 bits per heavy atom. The van der Waals surface area contributed by atoms with Gasteiger partial charge in [-0.25, -0.2) is 0 Å².